The molecular formula is C18H15ClN2O2S2. The second kappa shape index (κ2) is 7.25. The molecule has 2 aromatic heterocycles. The Labute approximate surface area is 158 Å². The second-order valence-electron chi connectivity index (χ2n) is 5.74. The standard InChI is InChI=1S/C18H15ClN2O2S2/c19-12-3-1-11(2-4-12)7-13-8-20-18(25-13)21-17(22)15-10-24-16-9-23-6-5-14(15)16/h1-4,8,10H,5-7,9H2,(H,20,21,22). The molecule has 4 rings (SSSR count). The Hall–Kier alpha value is -1.73. The van der Waals surface area contributed by atoms with Crippen LogP contribution in [0.1, 0.15) is 31.2 Å². The van der Waals surface area contributed by atoms with E-state index in [0.29, 0.717) is 18.3 Å². The number of amides is 1. The van der Waals surface area contributed by atoms with Gasteiger partial charge in [0.15, 0.2) is 5.13 Å². The van der Waals surface area contributed by atoms with Crippen molar-refractivity contribution in [1.29, 1.82) is 0 Å². The molecule has 0 unspecified atom stereocenters. The van der Waals surface area contributed by atoms with Crippen molar-refractivity contribution in [3.63, 3.8) is 0 Å². The number of carbonyl (C=O) groups excluding carboxylic acids is 1. The summed E-state index contributed by atoms with van der Waals surface area (Å²) in [4.78, 5) is 19.1. The Bertz CT molecular complexity index is 902. The molecule has 0 aliphatic carbocycles. The van der Waals surface area contributed by atoms with Crippen molar-refractivity contribution in [2.75, 3.05) is 11.9 Å². The number of thiophene rings is 1. The average molecular weight is 391 g/mol. The van der Waals surface area contributed by atoms with Crippen LogP contribution in [0.2, 0.25) is 5.02 Å². The lowest BCUT2D eigenvalue weighted by Crippen LogP contribution is -2.16. The maximum absolute atomic E-state index is 12.6. The number of benzene rings is 1. The molecule has 0 radical (unpaired) electrons. The van der Waals surface area contributed by atoms with E-state index < -0.39 is 0 Å². The molecule has 7 heteroatoms. The van der Waals surface area contributed by atoms with Crippen molar-refractivity contribution in [2.45, 2.75) is 19.4 Å². The summed E-state index contributed by atoms with van der Waals surface area (Å²) >= 11 is 8.99. The number of nitrogens with one attached hydrogen (secondary N) is 1. The van der Waals surface area contributed by atoms with Crippen LogP contribution in [0.3, 0.4) is 0 Å². The van der Waals surface area contributed by atoms with E-state index >= 15 is 0 Å². The number of hydrogen-bond donors (Lipinski definition) is 1. The van der Waals surface area contributed by atoms with E-state index in [1.165, 1.54) is 11.3 Å². The first-order valence-electron chi connectivity index (χ1n) is 7.86. The van der Waals surface area contributed by atoms with E-state index in [9.17, 15) is 4.79 Å². The third kappa shape index (κ3) is 3.77. The molecular weight excluding hydrogens is 376 g/mol. The van der Waals surface area contributed by atoms with Gasteiger partial charge in [-0.1, -0.05) is 23.7 Å². The normalized spacial score (nSPS) is 13.5. The fourth-order valence-electron chi connectivity index (χ4n) is 2.76. The van der Waals surface area contributed by atoms with Crippen LogP contribution in [0.4, 0.5) is 5.13 Å². The lowest BCUT2D eigenvalue weighted by Gasteiger charge is -2.13. The van der Waals surface area contributed by atoms with E-state index in [-0.39, 0.29) is 5.91 Å². The summed E-state index contributed by atoms with van der Waals surface area (Å²) in [5, 5.41) is 6.19. The topological polar surface area (TPSA) is 51.2 Å². The van der Waals surface area contributed by atoms with Crippen molar-refractivity contribution in [1.82, 2.24) is 4.98 Å². The van der Waals surface area contributed by atoms with E-state index in [1.807, 2.05) is 35.8 Å². The third-order valence-corrected chi connectivity index (χ3v) is 6.19. The molecule has 25 heavy (non-hydrogen) atoms. The van der Waals surface area contributed by atoms with Crippen molar-refractivity contribution < 1.29 is 9.53 Å². The number of hydrogen-bond acceptors (Lipinski definition) is 5. The lowest BCUT2D eigenvalue weighted by atomic mass is 10.1. The van der Waals surface area contributed by atoms with Gasteiger partial charge < -0.3 is 4.74 Å². The molecule has 0 saturated heterocycles. The maximum Gasteiger partial charge on any atom is 0.258 e. The molecule has 0 atom stereocenters. The highest BCUT2D eigenvalue weighted by Crippen LogP contribution is 2.29. The smallest absolute Gasteiger partial charge is 0.258 e. The number of fused-ring (bicyclic) bond motifs is 1. The summed E-state index contributed by atoms with van der Waals surface area (Å²) in [6.07, 6.45) is 3.38. The van der Waals surface area contributed by atoms with E-state index in [1.54, 1.807) is 11.3 Å². The molecule has 1 aromatic carbocycles. The van der Waals surface area contributed by atoms with E-state index in [0.717, 1.165) is 44.3 Å². The first-order valence-corrected chi connectivity index (χ1v) is 9.94. The monoisotopic (exact) mass is 390 g/mol. The van der Waals surface area contributed by atoms with Gasteiger partial charge in [-0.25, -0.2) is 4.98 Å². The minimum absolute atomic E-state index is 0.0909. The van der Waals surface area contributed by atoms with Crippen LogP contribution < -0.4 is 5.32 Å². The Balaban J connectivity index is 1.45. The number of halogens is 1. The third-order valence-electron chi connectivity index (χ3n) is 4.02. The molecule has 0 saturated carbocycles. The molecule has 128 valence electrons. The number of thiazole rings is 1. The quantitative estimate of drug-likeness (QED) is 0.697. The summed E-state index contributed by atoms with van der Waals surface area (Å²) in [5.41, 5.74) is 3.03. The second-order valence-corrected chi connectivity index (χ2v) is 8.26. The molecule has 1 amide bonds. The van der Waals surface area contributed by atoms with Gasteiger partial charge in [-0.15, -0.1) is 22.7 Å². The van der Waals surface area contributed by atoms with Gasteiger partial charge in [-0.2, -0.15) is 0 Å². The van der Waals surface area contributed by atoms with Crippen molar-refractivity contribution in [3.8, 4) is 0 Å². The number of carbonyl (C=O) groups is 1. The van der Waals surface area contributed by atoms with E-state index in [2.05, 4.69) is 10.3 Å². The molecule has 0 bridgehead atoms. The van der Waals surface area contributed by atoms with Crippen LogP contribution in [0, 0.1) is 0 Å². The molecule has 3 heterocycles. The highest BCUT2D eigenvalue weighted by atomic mass is 35.5. The number of rotatable bonds is 4. The van der Waals surface area contributed by atoms with Crippen molar-refractivity contribution in [2.24, 2.45) is 0 Å². The Morgan fingerprint density at radius 2 is 2.16 bits per heavy atom. The summed E-state index contributed by atoms with van der Waals surface area (Å²) < 4.78 is 5.43. The molecule has 1 aliphatic rings. The predicted octanol–water partition coefficient (Wildman–Crippen LogP) is 4.77. The molecule has 3 aromatic rings. The average Bonchev–Trinajstić information content (AvgIpc) is 3.23. The number of anilines is 1. The lowest BCUT2D eigenvalue weighted by molar-refractivity contribution is 0.101. The number of ether oxygens (including phenoxy) is 1. The van der Waals surface area contributed by atoms with Crippen molar-refractivity contribution >= 4 is 45.3 Å². The Morgan fingerprint density at radius 3 is 3.00 bits per heavy atom. The first-order chi connectivity index (χ1) is 12.2. The van der Waals surface area contributed by atoms with Gasteiger partial charge in [0.1, 0.15) is 0 Å². The zero-order valence-electron chi connectivity index (χ0n) is 13.3. The van der Waals surface area contributed by atoms with Gasteiger partial charge in [0, 0.05) is 32.8 Å². The highest BCUT2D eigenvalue weighted by Gasteiger charge is 2.21. The Morgan fingerprint density at radius 1 is 1.32 bits per heavy atom. The number of nitrogens with zero attached hydrogens (tertiary/aromatic N) is 1. The molecule has 0 fully saturated rings. The maximum atomic E-state index is 12.6. The van der Waals surface area contributed by atoms with Crippen LogP contribution in [-0.4, -0.2) is 17.5 Å². The summed E-state index contributed by atoms with van der Waals surface area (Å²) in [6.45, 7) is 1.28. The summed E-state index contributed by atoms with van der Waals surface area (Å²) in [5.74, 6) is -0.0909. The molecule has 0 spiro atoms. The van der Waals surface area contributed by atoms with Gasteiger partial charge in [0.25, 0.3) is 5.91 Å². The molecule has 4 nitrogen and oxygen atoms in total. The SMILES string of the molecule is O=C(Nc1ncc(Cc2ccc(Cl)cc2)s1)c1csc2c1CCOC2. The highest BCUT2D eigenvalue weighted by molar-refractivity contribution is 7.15. The fraction of sp³-hybridized carbons (Fsp3) is 0.222. The zero-order chi connectivity index (χ0) is 17.2. The first kappa shape index (κ1) is 16.7. The summed E-state index contributed by atoms with van der Waals surface area (Å²) in [7, 11) is 0. The predicted molar refractivity (Wildman–Crippen MR) is 102 cm³/mol. The van der Waals surface area contributed by atoms with Crippen LogP contribution in [0.5, 0.6) is 0 Å². The van der Waals surface area contributed by atoms with Gasteiger partial charge in [-0.05, 0) is 29.7 Å². The van der Waals surface area contributed by atoms with Crippen LogP contribution >= 0.6 is 34.3 Å². The minimum Gasteiger partial charge on any atom is -0.376 e. The van der Waals surface area contributed by atoms with Gasteiger partial charge in [0.2, 0.25) is 0 Å². The fourth-order valence-corrected chi connectivity index (χ4v) is 4.75. The largest absolute Gasteiger partial charge is 0.376 e. The van der Waals surface area contributed by atoms with Gasteiger partial charge >= 0.3 is 0 Å². The zero-order valence-corrected chi connectivity index (χ0v) is 15.6. The van der Waals surface area contributed by atoms with Crippen LogP contribution in [0.15, 0.2) is 35.8 Å². The van der Waals surface area contributed by atoms with Gasteiger partial charge in [0.05, 0.1) is 18.8 Å². The Kier molecular flexibility index (Phi) is 4.85. The van der Waals surface area contributed by atoms with Gasteiger partial charge in [-0.3, -0.25) is 10.1 Å². The van der Waals surface area contributed by atoms with E-state index in [4.69, 9.17) is 16.3 Å². The molecule has 1 aliphatic heterocycles. The van der Waals surface area contributed by atoms with Crippen molar-refractivity contribution in [3.05, 3.63) is 67.3 Å². The van der Waals surface area contributed by atoms with Crippen LogP contribution in [-0.2, 0) is 24.2 Å². The number of aromatic nitrogens is 1. The van der Waals surface area contributed by atoms with Crippen LogP contribution in [0.25, 0.3) is 0 Å². The summed E-state index contributed by atoms with van der Waals surface area (Å²) in [6, 6.07) is 7.76. The minimum atomic E-state index is -0.0909. The molecule has 1 N–H and O–H groups in total.